The number of thioether (sulfide) groups is 1. The standard InChI is InChI=1S/C20H24N6O2S/c1-4-25(11-17(27)24-14(2)3)18(28)12-29-20-16-10-23-26(19(16)21-13-22-20)15-8-6-5-7-9-15/h5-10,13-14H,4,11-12H2,1-3H3,(H,24,27). The number of fused-ring (bicyclic) bond motifs is 1. The summed E-state index contributed by atoms with van der Waals surface area (Å²) < 4.78 is 1.75. The Bertz CT molecular complexity index is 989. The van der Waals surface area contributed by atoms with Crippen molar-refractivity contribution < 1.29 is 9.59 Å². The van der Waals surface area contributed by atoms with Gasteiger partial charge in [0.05, 0.1) is 29.6 Å². The first-order valence-corrected chi connectivity index (χ1v) is 10.4. The van der Waals surface area contributed by atoms with Crippen LogP contribution in [0, 0.1) is 0 Å². The summed E-state index contributed by atoms with van der Waals surface area (Å²) in [5.74, 6) is -0.0850. The maximum Gasteiger partial charge on any atom is 0.239 e. The molecule has 0 unspecified atom stereocenters. The Morgan fingerprint density at radius 2 is 1.97 bits per heavy atom. The van der Waals surface area contributed by atoms with E-state index in [2.05, 4.69) is 20.4 Å². The van der Waals surface area contributed by atoms with Crippen molar-refractivity contribution >= 4 is 34.6 Å². The van der Waals surface area contributed by atoms with Gasteiger partial charge in [0.2, 0.25) is 11.8 Å². The van der Waals surface area contributed by atoms with E-state index in [9.17, 15) is 9.59 Å². The van der Waals surface area contributed by atoms with Crippen molar-refractivity contribution in [2.24, 2.45) is 0 Å². The average molecular weight is 413 g/mol. The van der Waals surface area contributed by atoms with Crippen LogP contribution in [0.15, 0.2) is 47.9 Å². The number of nitrogens with zero attached hydrogens (tertiary/aromatic N) is 5. The molecule has 1 N–H and O–H groups in total. The predicted octanol–water partition coefficient (Wildman–Crippen LogP) is 2.28. The fraction of sp³-hybridized carbons (Fsp3) is 0.350. The third-order valence-electron chi connectivity index (χ3n) is 4.18. The monoisotopic (exact) mass is 412 g/mol. The van der Waals surface area contributed by atoms with Crippen LogP contribution in [0.4, 0.5) is 0 Å². The van der Waals surface area contributed by atoms with E-state index < -0.39 is 0 Å². The molecule has 3 aromatic rings. The lowest BCUT2D eigenvalue weighted by molar-refractivity contribution is -0.134. The van der Waals surface area contributed by atoms with E-state index in [1.165, 1.54) is 23.0 Å². The lowest BCUT2D eigenvalue weighted by Gasteiger charge is -2.21. The number of amides is 2. The summed E-state index contributed by atoms with van der Waals surface area (Å²) in [6, 6.07) is 9.76. The van der Waals surface area contributed by atoms with Gasteiger partial charge in [-0.25, -0.2) is 14.6 Å². The lowest BCUT2D eigenvalue weighted by atomic mass is 10.3. The highest BCUT2D eigenvalue weighted by molar-refractivity contribution is 8.00. The Labute approximate surface area is 173 Å². The Morgan fingerprint density at radius 3 is 2.66 bits per heavy atom. The number of para-hydroxylation sites is 1. The zero-order valence-corrected chi connectivity index (χ0v) is 17.5. The summed E-state index contributed by atoms with van der Waals surface area (Å²) in [5, 5.41) is 8.71. The first kappa shape index (κ1) is 20.8. The maximum absolute atomic E-state index is 12.6. The number of nitrogens with one attached hydrogen (secondary N) is 1. The molecule has 152 valence electrons. The third kappa shape index (κ3) is 5.11. The summed E-state index contributed by atoms with van der Waals surface area (Å²) in [6.07, 6.45) is 3.19. The van der Waals surface area contributed by atoms with Crippen molar-refractivity contribution in [3.05, 3.63) is 42.9 Å². The number of benzene rings is 1. The quantitative estimate of drug-likeness (QED) is 0.451. The first-order valence-electron chi connectivity index (χ1n) is 9.43. The van der Waals surface area contributed by atoms with Crippen molar-refractivity contribution in [3.63, 3.8) is 0 Å². The molecule has 29 heavy (non-hydrogen) atoms. The minimum Gasteiger partial charge on any atom is -0.352 e. The topological polar surface area (TPSA) is 93.0 Å². The van der Waals surface area contributed by atoms with E-state index in [1.807, 2.05) is 51.1 Å². The highest BCUT2D eigenvalue weighted by atomic mass is 32.2. The van der Waals surface area contributed by atoms with Crippen molar-refractivity contribution in [3.8, 4) is 5.69 Å². The smallest absolute Gasteiger partial charge is 0.239 e. The molecule has 0 saturated carbocycles. The number of rotatable bonds is 8. The molecule has 0 aliphatic heterocycles. The molecule has 2 heterocycles. The third-order valence-corrected chi connectivity index (χ3v) is 5.17. The maximum atomic E-state index is 12.6. The Morgan fingerprint density at radius 1 is 1.21 bits per heavy atom. The normalized spacial score (nSPS) is 11.0. The zero-order chi connectivity index (χ0) is 20.8. The molecular formula is C20H24N6O2S. The molecule has 0 aliphatic carbocycles. The minimum absolute atomic E-state index is 0.0427. The number of aromatic nitrogens is 4. The summed E-state index contributed by atoms with van der Waals surface area (Å²) in [7, 11) is 0. The fourth-order valence-corrected chi connectivity index (χ4v) is 3.70. The lowest BCUT2D eigenvalue weighted by Crippen LogP contribution is -2.43. The second kappa shape index (κ2) is 9.51. The van der Waals surface area contributed by atoms with Gasteiger partial charge >= 0.3 is 0 Å². The summed E-state index contributed by atoms with van der Waals surface area (Å²) >= 11 is 1.32. The second-order valence-electron chi connectivity index (χ2n) is 6.73. The molecular weight excluding hydrogens is 388 g/mol. The Balaban J connectivity index is 1.71. The van der Waals surface area contributed by atoms with Gasteiger partial charge in [-0.3, -0.25) is 9.59 Å². The first-order chi connectivity index (χ1) is 14.0. The van der Waals surface area contributed by atoms with Gasteiger partial charge in [0.15, 0.2) is 5.65 Å². The van der Waals surface area contributed by atoms with Gasteiger partial charge in [0.1, 0.15) is 11.4 Å². The van der Waals surface area contributed by atoms with Gasteiger partial charge in [-0.15, -0.1) is 0 Å². The highest BCUT2D eigenvalue weighted by Crippen LogP contribution is 2.25. The summed E-state index contributed by atoms with van der Waals surface area (Å²) in [6.45, 7) is 6.16. The van der Waals surface area contributed by atoms with Crippen LogP contribution >= 0.6 is 11.8 Å². The largest absolute Gasteiger partial charge is 0.352 e. The van der Waals surface area contributed by atoms with Crippen molar-refractivity contribution in [2.45, 2.75) is 31.8 Å². The van der Waals surface area contributed by atoms with Crippen LogP contribution in [-0.2, 0) is 9.59 Å². The molecule has 0 spiro atoms. The fourth-order valence-electron chi connectivity index (χ4n) is 2.83. The Kier molecular flexibility index (Phi) is 6.82. The van der Waals surface area contributed by atoms with Crippen LogP contribution in [0.2, 0.25) is 0 Å². The number of carbonyl (C=O) groups is 2. The SMILES string of the molecule is CCN(CC(=O)NC(C)C)C(=O)CSc1ncnc2c1cnn2-c1ccccc1. The molecule has 0 aliphatic rings. The molecule has 2 aromatic heterocycles. The van der Waals surface area contributed by atoms with Gasteiger partial charge in [0, 0.05) is 12.6 Å². The number of hydrogen-bond donors (Lipinski definition) is 1. The molecule has 3 rings (SSSR count). The molecule has 2 amide bonds. The van der Waals surface area contributed by atoms with Crippen molar-refractivity contribution in [1.82, 2.24) is 30.0 Å². The van der Waals surface area contributed by atoms with Crippen molar-refractivity contribution in [2.75, 3.05) is 18.8 Å². The summed E-state index contributed by atoms with van der Waals surface area (Å²) in [5.41, 5.74) is 1.59. The van der Waals surface area contributed by atoms with Crippen LogP contribution in [0.25, 0.3) is 16.7 Å². The van der Waals surface area contributed by atoms with Crippen LogP contribution < -0.4 is 5.32 Å². The van der Waals surface area contributed by atoms with E-state index >= 15 is 0 Å². The van der Waals surface area contributed by atoms with E-state index in [1.54, 1.807) is 10.9 Å². The molecule has 0 bridgehead atoms. The second-order valence-corrected chi connectivity index (χ2v) is 7.69. The van der Waals surface area contributed by atoms with Gasteiger partial charge < -0.3 is 10.2 Å². The van der Waals surface area contributed by atoms with Crippen molar-refractivity contribution in [1.29, 1.82) is 0 Å². The molecule has 8 nitrogen and oxygen atoms in total. The van der Waals surface area contributed by atoms with Crippen LogP contribution in [0.5, 0.6) is 0 Å². The van der Waals surface area contributed by atoms with Gasteiger partial charge in [-0.1, -0.05) is 30.0 Å². The van der Waals surface area contributed by atoms with E-state index in [-0.39, 0.29) is 30.2 Å². The van der Waals surface area contributed by atoms with Gasteiger partial charge in [-0.05, 0) is 32.9 Å². The zero-order valence-electron chi connectivity index (χ0n) is 16.7. The molecule has 0 atom stereocenters. The highest BCUT2D eigenvalue weighted by Gasteiger charge is 2.18. The minimum atomic E-state index is -0.159. The molecule has 0 fully saturated rings. The molecule has 9 heteroatoms. The van der Waals surface area contributed by atoms with Crippen LogP contribution in [0.3, 0.4) is 0 Å². The number of carbonyl (C=O) groups excluding carboxylic acids is 2. The Hall–Kier alpha value is -2.94. The van der Waals surface area contributed by atoms with E-state index in [4.69, 9.17) is 0 Å². The van der Waals surface area contributed by atoms with Gasteiger partial charge in [-0.2, -0.15) is 5.10 Å². The molecule has 0 radical (unpaired) electrons. The number of likely N-dealkylation sites (N-methyl/N-ethyl adjacent to an activating group) is 1. The number of hydrogen-bond acceptors (Lipinski definition) is 6. The van der Waals surface area contributed by atoms with E-state index in [0.717, 1.165) is 11.1 Å². The van der Waals surface area contributed by atoms with E-state index in [0.29, 0.717) is 17.2 Å². The average Bonchev–Trinajstić information content (AvgIpc) is 3.15. The van der Waals surface area contributed by atoms with Crippen LogP contribution in [-0.4, -0.2) is 61.3 Å². The molecule has 0 saturated heterocycles. The van der Waals surface area contributed by atoms with Gasteiger partial charge in [0.25, 0.3) is 0 Å². The van der Waals surface area contributed by atoms with Crippen LogP contribution in [0.1, 0.15) is 20.8 Å². The molecule has 1 aromatic carbocycles. The predicted molar refractivity (Wildman–Crippen MR) is 113 cm³/mol. The summed E-state index contributed by atoms with van der Waals surface area (Å²) in [4.78, 5) is 34.8.